The zero-order valence-electron chi connectivity index (χ0n) is 11.2. The fourth-order valence-corrected chi connectivity index (χ4v) is 3.28. The Balaban J connectivity index is 2.34. The first-order valence-corrected chi connectivity index (χ1v) is 6.54. The third-order valence-electron chi connectivity index (χ3n) is 3.99. The van der Waals surface area contributed by atoms with Gasteiger partial charge < -0.3 is 5.73 Å². The van der Waals surface area contributed by atoms with Crippen molar-refractivity contribution in [3.63, 3.8) is 0 Å². The number of hydrogen-bond donors (Lipinski definition) is 1. The lowest BCUT2D eigenvalue weighted by Crippen LogP contribution is -2.12. The molecule has 3 rings (SSSR count). The second-order valence-corrected chi connectivity index (χ2v) is 5.42. The summed E-state index contributed by atoms with van der Waals surface area (Å²) in [6, 6.07) is 11.3. The molecule has 0 bridgehead atoms. The van der Waals surface area contributed by atoms with Gasteiger partial charge in [0, 0.05) is 12.5 Å². The third kappa shape index (κ3) is 1.51. The summed E-state index contributed by atoms with van der Waals surface area (Å²) in [4.78, 5) is 0. The lowest BCUT2D eigenvalue weighted by molar-refractivity contribution is 0.833. The average Bonchev–Trinajstić information content (AvgIpc) is 2.62. The summed E-state index contributed by atoms with van der Waals surface area (Å²) in [5.41, 5.74) is 15.6. The van der Waals surface area contributed by atoms with E-state index in [0.717, 1.165) is 0 Å². The molecule has 1 nitrogen and oxygen atoms in total. The number of nitrogens with two attached hydrogens (primary N) is 1. The molecule has 18 heavy (non-hydrogen) atoms. The van der Waals surface area contributed by atoms with Crippen LogP contribution in [0.4, 0.5) is 0 Å². The Bertz CT molecular complexity index is 626. The van der Waals surface area contributed by atoms with Gasteiger partial charge >= 0.3 is 0 Å². The van der Waals surface area contributed by atoms with Gasteiger partial charge in [-0.25, -0.2) is 0 Å². The first-order chi connectivity index (χ1) is 8.61. The minimum Gasteiger partial charge on any atom is -0.330 e. The highest BCUT2D eigenvalue weighted by Crippen LogP contribution is 2.46. The van der Waals surface area contributed by atoms with Crippen LogP contribution in [0.1, 0.15) is 33.7 Å². The summed E-state index contributed by atoms with van der Waals surface area (Å²) in [5, 5.41) is 0. The Labute approximate surface area is 109 Å². The molecule has 1 aliphatic carbocycles. The van der Waals surface area contributed by atoms with Crippen LogP contribution in [0.3, 0.4) is 0 Å². The second kappa shape index (κ2) is 3.96. The molecule has 0 aliphatic heterocycles. The Morgan fingerprint density at radius 1 is 0.944 bits per heavy atom. The van der Waals surface area contributed by atoms with Gasteiger partial charge in [0.1, 0.15) is 0 Å². The van der Waals surface area contributed by atoms with E-state index in [1.54, 1.807) is 0 Å². The zero-order valence-corrected chi connectivity index (χ0v) is 11.2. The number of hydrogen-bond acceptors (Lipinski definition) is 1. The van der Waals surface area contributed by atoms with Crippen LogP contribution in [0, 0.1) is 20.8 Å². The quantitative estimate of drug-likeness (QED) is 0.804. The molecule has 1 heteroatoms. The van der Waals surface area contributed by atoms with E-state index in [1.165, 1.54) is 38.9 Å². The van der Waals surface area contributed by atoms with Crippen LogP contribution in [0.15, 0.2) is 30.3 Å². The molecular weight excluding hydrogens is 218 g/mol. The van der Waals surface area contributed by atoms with E-state index in [4.69, 9.17) is 5.73 Å². The fourth-order valence-electron chi connectivity index (χ4n) is 3.28. The molecule has 2 N–H and O–H groups in total. The van der Waals surface area contributed by atoms with Gasteiger partial charge in [-0.05, 0) is 48.6 Å². The highest BCUT2D eigenvalue weighted by Gasteiger charge is 2.29. The SMILES string of the molecule is Cc1cc(C)c2c(c1)-c1ccc(C)cc1C2CN. The van der Waals surface area contributed by atoms with Crippen molar-refractivity contribution in [3.05, 3.63) is 58.1 Å². The van der Waals surface area contributed by atoms with Gasteiger partial charge in [0.15, 0.2) is 0 Å². The molecule has 0 heterocycles. The smallest absolute Gasteiger partial charge is 0.0227 e. The monoisotopic (exact) mass is 237 g/mol. The van der Waals surface area contributed by atoms with Crippen molar-refractivity contribution in [1.82, 2.24) is 0 Å². The maximum atomic E-state index is 6.02. The Kier molecular flexibility index (Phi) is 2.53. The highest BCUT2D eigenvalue weighted by atomic mass is 14.6. The number of fused-ring (bicyclic) bond motifs is 3. The Morgan fingerprint density at radius 3 is 2.44 bits per heavy atom. The van der Waals surface area contributed by atoms with Crippen molar-refractivity contribution in [2.45, 2.75) is 26.7 Å². The van der Waals surface area contributed by atoms with E-state index in [9.17, 15) is 0 Å². The van der Waals surface area contributed by atoms with Gasteiger partial charge in [-0.3, -0.25) is 0 Å². The van der Waals surface area contributed by atoms with Crippen molar-refractivity contribution in [2.75, 3.05) is 6.54 Å². The average molecular weight is 237 g/mol. The van der Waals surface area contributed by atoms with E-state index in [-0.39, 0.29) is 0 Å². The van der Waals surface area contributed by atoms with Crippen molar-refractivity contribution in [3.8, 4) is 11.1 Å². The van der Waals surface area contributed by atoms with Crippen molar-refractivity contribution in [1.29, 1.82) is 0 Å². The van der Waals surface area contributed by atoms with Crippen LogP contribution in [0.2, 0.25) is 0 Å². The summed E-state index contributed by atoms with van der Waals surface area (Å²) in [5.74, 6) is 0.371. The molecule has 2 aromatic rings. The summed E-state index contributed by atoms with van der Waals surface area (Å²) < 4.78 is 0. The van der Waals surface area contributed by atoms with E-state index in [1.807, 2.05) is 0 Å². The topological polar surface area (TPSA) is 26.0 Å². The molecule has 0 fully saturated rings. The second-order valence-electron chi connectivity index (χ2n) is 5.42. The standard InChI is InChI=1S/C17H19N/c1-10-4-5-13-14(7-10)16(9-18)17-12(3)6-11(2)8-15(13)17/h4-8,16H,9,18H2,1-3H3. The van der Waals surface area contributed by atoms with Gasteiger partial charge in [0.2, 0.25) is 0 Å². The fraction of sp³-hybridized carbons (Fsp3) is 0.294. The molecule has 92 valence electrons. The highest BCUT2D eigenvalue weighted by molar-refractivity contribution is 5.81. The van der Waals surface area contributed by atoms with Gasteiger partial charge in [0.25, 0.3) is 0 Å². The molecule has 0 saturated carbocycles. The predicted octanol–water partition coefficient (Wildman–Crippen LogP) is 3.68. The molecule has 2 aromatic carbocycles. The molecule has 0 aromatic heterocycles. The molecule has 0 radical (unpaired) electrons. The van der Waals surface area contributed by atoms with Gasteiger partial charge in [0.05, 0.1) is 0 Å². The Hall–Kier alpha value is -1.60. The zero-order chi connectivity index (χ0) is 12.9. The molecule has 0 spiro atoms. The Morgan fingerprint density at radius 2 is 1.72 bits per heavy atom. The third-order valence-corrected chi connectivity index (χ3v) is 3.99. The minimum atomic E-state index is 0.371. The first kappa shape index (κ1) is 11.5. The number of rotatable bonds is 1. The minimum absolute atomic E-state index is 0.371. The van der Waals surface area contributed by atoms with Crippen LogP contribution in [-0.4, -0.2) is 6.54 Å². The van der Waals surface area contributed by atoms with Gasteiger partial charge in [-0.1, -0.05) is 41.5 Å². The summed E-state index contributed by atoms with van der Waals surface area (Å²) >= 11 is 0. The van der Waals surface area contributed by atoms with Crippen LogP contribution in [-0.2, 0) is 0 Å². The largest absolute Gasteiger partial charge is 0.330 e. The van der Waals surface area contributed by atoms with E-state index < -0.39 is 0 Å². The number of aryl methyl sites for hydroxylation is 3. The predicted molar refractivity (Wildman–Crippen MR) is 77.0 cm³/mol. The van der Waals surface area contributed by atoms with Crippen LogP contribution in [0.25, 0.3) is 11.1 Å². The van der Waals surface area contributed by atoms with Gasteiger partial charge in [-0.2, -0.15) is 0 Å². The molecular formula is C17H19N. The van der Waals surface area contributed by atoms with Crippen molar-refractivity contribution < 1.29 is 0 Å². The molecule has 0 amide bonds. The molecule has 1 aliphatic rings. The summed E-state index contributed by atoms with van der Waals surface area (Å²) in [7, 11) is 0. The maximum Gasteiger partial charge on any atom is 0.0227 e. The molecule has 1 atom stereocenters. The normalized spacial score (nSPS) is 16.6. The summed E-state index contributed by atoms with van der Waals surface area (Å²) in [6.07, 6.45) is 0. The lowest BCUT2D eigenvalue weighted by atomic mass is 9.92. The molecule has 1 unspecified atom stereocenters. The first-order valence-electron chi connectivity index (χ1n) is 6.54. The van der Waals surface area contributed by atoms with E-state index >= 15 is 0 Å². The van der Waals surface area contributed by atoms with Crippen LogP contribution < -0.4 is 5.73 Å². The van der Waals surface area contributed by atoms with Crippen molar-refractivity contribution >= 4 is 0 Å². The molecule has 0 saturated heterocycles. The van der Waals surface area contributed by atoms with Crippen LogP contribution >= 0.6 is 0 Å². The van der Waals surface area contributed by atoms with E-state index in [2.05, 4.69) is 51.1 Å². The van der Waals surface area contributed by atoms with Gasteiger partial charge in [-0.15, -0.1) is 0 Å². The lowest BCUT2D eigenvalue weighted by Gasteiger charge is -2.13. The van der Waals surface area contributed by atoms with Crippen LogP contribution in [0.5, 0.6) is 0 Å². The summed E-state index contributed by atoms with van der Waals surface area (Å²) in [6.45, 7) is 7.20. The van der Waals surface area contributed by atoms with E-state index in [0.29, 0.717) is 12.5 Å². The number of benzene rings is 2. The maximum absolute atomic E-state index is 6.02. The van der Waals surface area contributed by atoms with Crippen molar-refractivity contribution in [2.24, 2.45) is 5.73 Å².